The predicted octanol–water partition coefficient (Wildman–Crippen LogP) is 2.72. The van der Waals surface area contributed by atoms with Crippen LogP contribution in [0.3, 0.4) is 0 Å². The molecule has 2 nitrogen and oxygen atoms in total. The van der Waals surface area contributed by atoms with Gasteiger partial charge in [-0.15, -0.1) is 0 Å². The average molecular weight is 226 g/mol. The molecule has 0 heterocycles. The summed E-state index contributed by atoms with van der Waals surface area (Å²) in [6.45, 7) is 2.10. The Kier molecular flexibility index (Phi) is 6.51. The summed E-state index contributed by atoms with van der Waals surface area (Å²) >= 11 is 0. The van der Waals surface area contributed by atoms with Gasteiger partial charge >= 0.3 is 5.97 Å². The van der Waals surface area contributed by atoms with Gasteiger partial charge in [-0.05, 0) is 24.5 Å². The maximum absolute atomic E-state index is 10.8. The molecule has 0 amide bonds. The molecule has 3 heteroatoms. The molecule has 1 rings (SSSR count). The molecule has 1 aromatic rings. The summed E-state index contributed by atoms with van der Waals surface area (Å²) in [7, 11) is 0. The van der Waals surface area contributed by atoms with Gasteiger partial charge in [0, 0.05) is 21.7 Å². The average Bonchev–Trinajstić information content (AvgIpc) is 2.15. The first-order valence-electron chi connectivity index (χ1n) is 4.57. The Labute approximate surface area is 99.2 Å². The van der Waals surface area contributed by atoms with Gasteiger partial charge in [-0.3, -0.25) is 0 Å². The maximum atomic E-state index is 10.8. The number of carboxylic acids is 1. The fourth-order valence-electron chi connectivity index (χ4n) is 1.31. The quantitative estimate of drug-likeness (QED) is 0.801. The fourth-order valence-corrected chi connectivity index (χ4v) is 1.31. The van der Waals surface area contributed by atoms with E-state index in [2.05, 4.69) is 6.92 Å². The molecular formula is C11H14O2Ti. The molecule has 74 valence electrons. The number of unbranched alkanes of at least 4 members (excludes halogenated alkanes) is 1. The van der Waals surface area contributed by atoms with Crippen LogP contribution >= 0.6 is 0 Å². The van der Waals surface area contributed by atoms with Crippen molar-refractivity contribution in [2.75, 3.05) is 0 Å². The number of aryl methyl sites for hydroxylation is 1. The largest absolute Gasteiger partial charge is 0.478 e. The first kappa shape index (κ1) is 13.4. The van der Waals surface area contributed by atoms with Crippen LogP contribution in [0.5, 0.6) is 0 Å². The number of rotatable bonds is 4. The number of carbonyl (C=O) groups is 1. The minimum Gasteiger partial charge on any atom is -0.478 e. The third kappa shape index (κ3) is 3.64. The second kappa shape index (κ2) is 6.80. The zero-order chi connectivity index (χ0) is 9.68. The molecule has 0 bridgehead atoms. The van der Waals surface area contributed by atoms with Crippen molar-refractivity contribution in [3.63, 3.8) is 0 Å². The standard InChI is InChI=1S/C11H14O2.Ti/c1-2-3-6-9-7-4-5-8-10(9)11(12)13;/h4-5,7-8H,2-3,6H2,1H3,(H,12,13);. The van der Waals surface area contributed by atoms with Crippen molar-refractivity contribution < 1.29 is 31.6 Å². The minimum absolute atomic E-state index is 0. The number of aromatic carboxylic acids is 1. The maximum Gasteiger partial charge on any atom is 0.335 e. The monoisotopic (exact) mass is 226 g/mol. The van der Waals surface area contributed by atoms with E-state index < -0.39 is 5.97 Å². The zero-order valence-corrected chi connectivity index (χ0v) is 9.85. The molecule has 0 unspecified atom stereocenters. The SMILES string of the molecule is CCCCc1ccccc1C(=O)O.[Ti]. The Morgan fingerprint density at radius 1 is 1.36 bits per heavy atom. The van der Waals surface area contributed by atoms with E-state index in [1.807, 2.05) is 12.1 Å². The van der Waals surface area contributed by atoms with Crippen LogP contribution in [0.2, 0.25) is 0 Å². The van der Waals surface area contributed by atoms with Crippen LogP contribution in [-0.2, 0) is 28.1 Å². The summed E-state index contributed by atoms with van der Waals surface area (Å²) in [5.41, 5.74) is 1.38. The Hall–Kier alpha value is -0.596. The molecule has 0 saturated heterocycles. The molecule has 0 aromatic heterocycles. The molecule has 0 spiro atoms. The zero-order valence-electron chi connectivity index (χ0n) is 8.29. The second-order valence-corrected chi connectivity index (χ2v) is 3.07. The fraction of sp³-hybridized carbons (Fsp3) is 0.364. The van der Waals surface area contributed by atoms with Gasteiger partial charge in [0.2, 0.25) is 0 Å². The molecular weight excluding hydrogens is 212 g/mol. The van der Waals surface area contributed by atoms with Crippen molar-refractivity contribution in [3.8, 4) is 0 Å². The van der Waals surface area contributed by atoms with Crippen molar-refractivity contribution in [3.05, 3.63) is 35.4 Å². The van der Waals surface area contributed by atoms with Gasteiger partial charge in [-0.1, -0.05) is 31.5 Å². The normalized spacial score (nSPS) is 9.21. The molecule has 0 aliphatic carbocycles. The number of benzene rings is 1. The number of hydrogen-bond acceptors (Lipinski definition) is 1. The summed E-state index contributed by atoms with van der Waals surface area (Å²) in [5.74, 6) is -0.827. The van der Waals surface area contributed by atoms with E-state index in [1.54, 1.807) is 12.1 Å². The Morgan fingerprint density at radius 2 is 2.00 bits per heavy atom. The van der Waals surface area contributed by atoms with Crippen LogP contribution in [0.1, 0.15) is 35.7 Å². The predicted molar refractivity (Wildman–Crippen MR) is 52.0 cm³/mol. The van der Waals surface area contributed by atoms with Crippen LogP contribution in [0.15, 0.2) is 24.3 Å². The van der Waals surface area contributed by atoms with E-state index in [9.17, 15) is 4.79 Å². The van der Waals surface area contributed by atoms with Crippen molar-refractivity contribution in [1.29, 1.82) is 0 Å². The van der Waals surface area contributed by atoms with Crippen molar-refractivity contribution >= 4 is 5.97 Å². The third-order valence-electron chi connectivity index (χ3n) is 2.05. The van der Waals surface area contributed by atoms with Crippen LogP contribution in [0.25, 0.3) is 0 Å². The van der Waals surface area contributed by atoms with Gasteiger partial charge < -0.3 is 5.11 Å². The van der Waals surface area contributed by atoms with E-state index in [1.165, 1.54) is 0 Å². The summed E-state index contributed by atoms with van der Waals surface area (Å²) in [4.78, 5) is 10.8. The van der Waals surface area contributed by atoms with E-state index in [0.29, 0.717) is 5.56 Å². The van der Waals surface area contributed by atoms with Gasteiger partial charge in [0.05, 0.1) is 5.56 Å². The third-order valence-corrected chi connectivity index (χ3v) is 2.05. The van der Waals surface area contributed by atoms with E-state index in [0.717, 1.165) is 24.8 Å². The van der Waals surface area contributed by atoms with Gasteiger partial charge in [0.1, 0.15) is 0 Å². The molecule has 0 atom stereocenters. The Bertz CT molecular complexity index is 297. The van der Waals surface area contributed by atoms with E-state index in [4.69, 9.17) is 5.11 Å². The van der Waals surface area contributed by atoms with Crippen LogP contribution < -0.4 is 0 Å². The molecule has 1 aromatic carbocycles. The van der Waals surface area contributed by atoms with Crippen molar-refractivity contribution in [1.82, 2.24) is 0 Å². The molecule has 0 fully saturated rings. The molecule has 14 heavy (non-hydrogen) atoms. The molecule has 0 aliphatic heterocycles. The van der Waals surface area contributed by atoms with Crippen molar-refractivity contribution in [2.45, 2.75) is 26.2 Å². The second-order valence-electron chi connectivity index (χ2n) is 3.07. The number of carboxylic acid groups (broad SMARTS) is 1. The summed E-state index contributed by atoms with van der Waals surface area (Å²) in [5, 5.41) is 8.86. The summed E-state index contributed by atoms with van der Waals surface area (Å²) < 4.78 is 0. The van der Waals surface area contributed by atoms with Crippen LogP contribution in [0.4, 0.5) is 0 Å². The molecule has 0 radical (unpaired) electrons. The van der Waals surface area contributed by atoms with Crippen LogP contribution in [-0.4, -0.2) is 11.1 Å². The molecule has 0 saturated carbocycles. The summed E-state index contributed by atoms with van der Waals surface area (Å²) in [6, 6.07) is 7.20. The topological polar surface area (TPSA) is 37.3 Å². The van der Waals surface area contributed by atoms with Crippen molar-refractivity contribution in [2.24, 2.45) is 0 Å². The number of hydrogen-bond donors (Lipinski definition) is 1. The molecule has 0 aliphatic rings. The van der Waals surface area contributed by atoms with Gasteiger partial charge in [-0.2, -0.15) is 0 Å². The van der Waals surface area contributed by atoms with Crippen LogP contribution in [0, 0.1) is 0 Å². The van der Waals surface area contributed by atoms with Gasteiger partial charge in [0.15, 0.2) is 0 Å². The van der Waals surface area contributed by atoms with Gasteiger partial charge in [0.25, 0.3) is 0 Å². The first-order valence-corrected chi connectivity index (χ1v) is 4.57. The first-order chi connectivity index (χ1) is 6.25. The van der Waals surface area contributed by atoms with E-state index >= 15 is 0 Å². The molecule has 1 N–H and O–H groups in total. The van der Waals surface area contributed by atoms with E-state index in [-0.39, 0.29) is 21.7 Å². The smallest absolute Gasteiger partial charge is 0.335 e. The minimum atomic E-state index is -0.827. The Morgan fingerprint density at radius 3 is 2.57 bits per heavy atom. The summed E-state index contributed by atoms with van der Waals surface area (Å²) in [6.07, 6.45) is 3.00. The Balaban J connectivity index is 0.00000169. The van der Waals surface area contributed by atoms with Gasteiger partial charge in [-0.25, -0.2) is 4.79 Å².